The monoisotopic (exact) mass is 384 g/mol. The van der Waals surface area contributed by atoms with Crippen LogP contribution in [0, 0.1) is 11.7 Å². The number of piperidine rings is 1. The number of nitrogens with zero attached hydrogens (tertiary/aromatic N) is 1. The molecule has 1 aromatic carbocycles. The van der Waals surface area contributed by atoms with Crippen LogP contribution in [-0.2, 0) is 11.3 Å². The Morgan fingerprint density at radius 3 is 2.74 bits per heavy atom. The average molecular weight is 385 g/mol. The normalized spacial score (nSPS) is 15.9. The Bertz CT molecular complexity index is 530. The SMILES string of the molecule is CC(C)N(Cc1cc(Br)ccc1F)C(=O)CCC1CCNCC1. The average Bonchev–Trinajstić information content (AvgIpc) is 2.54. The first kappa shape index (κ1) is 18.4. The molecule has 1 N–H and O–H groups in total. The molecule has 1 aliphatic rings. The van der Waals surface area contributed by atoms with Crippen molar-refractivity contribution in [2.45, 2.75) is 52.1 Å². The van der Waals surface area contributed by atoms with Crippen LogP contribution in [0.4, 0.5) is 4.39 Å². The molecule has 1 aliphatic heterocycles. The van der Waals surface area contributed by atoms with Crippen LogP contribution in [-0.4, -0.2) is 29.9 Å². The fraction of sp³-hybridized carbons (Fsp3) is 0.611. The van der Waals surface area contributed by atoms with Crippen molar-refractivity contribution in [1.29, 1.82) is 0 Å². The number of halogens is 2. The molecule has 1 amide bonds. The summed E-state index contributed by atoms with van der Waals surface area (Å²) in [5.41, 5.74) is 0.559. The molecule has 0 atom stereocenters. The van der Waals surface area contributed by atoms with Gasteiger partial charge in [0.1, 0.15) is 5.82 Å². The van der Waals surface area contributed by atoms with Crippen LogP contribution in [0.2, 0.25) is 0 Å². The molecule has 5 heteroatoms. The third-order valence-electron chi connectivity index (χ3n) is 4.52. The lowest BCUT2D eigenvalue weighted by Gasteiger charge is -2.29. The lowest BCUT2D eigenvalue weighted by molar-refractivity contribution is -0.134. The maximum absolute atomic E-state index is 14.0. The molecule has 0 saturated carbocycles. The maximum atomic E-state index is 14.0. The zero-order valence-electron chi connectivity index (χ0n) is 13.9. The molecule has 1 heterocycles. The first-order valence-electron chi connectivity index (χ1n) is 8.41. The Hall–Kier alpha value is -0.940. The zero-order chi connectivity index (χ0) is 16.8. The Morgan fingerprint density at radius 1 is 1.39 bits per heavy atom. The fourth-order valence-corrected chi connectivity index (χ4v) is 3.46. The number of hydrogen-bond acceptors (Lipinski definition) is 2. The molecule has 1 aromatic rings. The van der Waals surface area contributed by atoms with E-state index in [1.54, 1.807) is 17.0 Å². The standard InChI is InChI=1S/C18H26BrFN2O/c1-13(2)22(12-15-11-16(19)4-5-17(15)20)18(23)6-3-14-7-9-21-10-8-14/h4-5,11,13-14,21H,3,6-10,12H2,1-2H3. The number of carbonyl (C=O) groups is 1. The predicted octanol–water partition coefficient (Wildman–Crippen LogP) is 4.11. The van der Waals surface area contributed by atoms with Gasteiger partial charge in [-0.1, -0.05) is 15.9 Å². The highest BCUT2D eigenvalue weighted by Gasteiger charge is 2.21. The summed E-state index contributed by atoms with van der Waals surface area (Å²) in [7, 11) is 0. The molecular weight excluding hydrogens is 359 g/mol. The van der Waals surface area contributed by atoms with Crippen LogP contribution < -0.4 is 5.32 Å². The molecule has 0 spiro atoms. The van der Waals surface area contributed by atoms with E-state index in [9.17, 15) is 9.18 Å². The number of benzene rings is 1. The third-order valence-corrected chi connectivity index (χ3v) is 5.01. The minimum Gasteiger partial charge on any atom is -0.336 e. The highest BCUT2D eigenvalue weighted by atomic mass is 79.9. The number of carbonyl (C=O) groups excluding carboxylic acids is 1. The Kier molecular flexibility index (Phi) is 7.03. The highest BCUT2D eigenvalue weighted by Crippen LogP contribution is 2.21. The van der Waals surface area contributed by atoms with Crippen LogP contribution in [0.3, 0.4) is 0 Å². The van der Waals surface area contributed by atoms with E-state index in [2.05, 4.69) is 21.2 Å². The topological polar surface area (TPSA) is 32.3 Å². The van der Waals surface area contributed by atoms with E-state index >= 15 is 0 Å². The van der Waals surface area contributed by atoms with Crippen molar-refractivity contribution < 1.29 is 9.18 Å². The second kappa shape index (κ2) is 8.78. The summed E-state index contributed by atoms with van der Waals surface area (Å²) in [6, 6.07) is 4.94. The fourth-order valence-electron chi connectivity index (χ4n) is 3.05. The van der Waals surface area contributed by atoms with Crippen LogP contribution in [0.1, 0.15) is 45.1 Å². The van der Waals surface area contributed by atoms with Gasteiger partial charge in [0.25, 0.3) is 0 Å². The molecule has 0 aliphatic carbocycles. The van der Waals surface area contributed by atoms with E-state index in [4.69, 9.17) is 0 Å². The van der Waals surface area contributed by atoms with Crippen molar-refractivity contribution in [1.82, 2.24) is 10.2 Å². The van der Waals surface area contributed by atoms with Crippen molar-refractivity contribution in [3.8, 4) is 0 Å². The Balaban J connectivity index is 1.96. The van der Waals surface area contributed by atoms with Gasteiger partial charge in [0.15, 0.2) is 0 Å². The van der Waals surface area contributed by atoms with Gasteiger partial charge in [-0.25, -0.2) is 4.39 Å². The van der Waals surface area contributed by atoms with Crippen LogP contribution in [0.25, 0.3) is 0 Å². The van der Waals surface area contributed by atoms with E-state index < -0.39 is 0 Å². The molecule has 2 rings (SSSR count). The summed E-state index contributed by atoms with van der Waals surface area (Å²) in [4.78, 5) is 14.4. The van der Waals surface area contributed by atoms with Crippen molar-refractivity contribution in [3.05, 3.63) is 34.1 Å². The number of hydrogen-bond donors (Lipinski definition) is 1. The number of amides is 1. The summed E-state index contributed by atoms with van der Waals surface area (Å²) in [6.45, 7) is 6.40. The lowest BCUT2D eigenvalue weighted by atomic mass is 9.93. The second-order valence-electron chi connectivity index (χ2n) is 6.58. The molecule has 23 heavy (non-hydrogen) atoms. The van der Waals surface area contributed by atoms with Gasteiger partial charge in [-0.3, -0.25) is 4.79 Å². The Morgan fingerprint density at radius 2 is 2.09 bits per heavy atom. The van der Waals surface area contributed by atoms with Crippen molar-refractivity contribution in [2.24, 2.45) is 5.92 Å². The van der Waals surface area contributed by atoms with E-state index in [-0.39, 0.29) is 17.8 Å². The number of nitrogens with one attached hydrogen (secondary N) is 1. The van der Waals surface area contributed by atoms with Gasteiger partial charge in [-0.05, 0) is 70.3 Å². The van der Waals surface area contributed by atoms with Gasteiger partial charge in [0, 0.05) is 29.0 Å². The third kappa shape index (κ3) is 5.57. The zero-order valence-corrected chi connectivity index (χ0v) is 15.5. The van der Waals surface area contributed by atoms with Gasteiger partial charge in [0.05, 0.1) is 0 Å². The molecule has 0 aromatic heterocycles. The minimum absolute atomic E-state index is 0.0638. The van der Waals surface area contributed by atoms with Crippen LogP contribution >= 0.6 is 15.9 Å². The molecule has 1 fully saturated rings. The summed E-state index contributed by atoms with van der Waals surface area (Å²) in [6.07, 6.45) is 3.79. The smallest absolute Gasteiger partial charge is 0.223 e. The molecule has 3 nitrogen and oxygen atoms in total. The first-order valence-corrected chi connectivity index (χ1v) is 9.20. The summed E-state index contributed by atoms with van der Waals surface area (Å²) >= 11 is 3.37. The van der Waals surface area contributed by atoms with Gasteiger partial charge in [-0.2, -0.15) is 0 Å². The molecule has 128 valence electrons. The highest BCUT2D eigenvalue weighted by molar-refractivity contribution is 9.10. The first-order chi connectivity index (χ1) is 11.0. The van der Waals surface area contributed by atoms with Crippen molar-refractivity contribution in [3.63, 3.8) is 0 Å². The Labute approximate surface area is 146 Å². The largest absolute Gasteiger partial charge is 0.336 e. The van der Waals surface area contributed by atoms with E-state index in [1.165, 1.54) is 6.07 Å². The second-order valence-corrected chi connectivity index (χ2v) is 7.50. The lowest BCUT2D eigenvalue weighted by Crippen LogP contribution is -2.37. The van der Waals surface area contributed by atoms with E-state index in [0.29, 0.717) is 24.4 Å². The van der Waals surface area contributed by atoms with Gasteiger partial charge >= 0.3 is 0 Å². The van der Waals surface area contributed by atoms with Gasteiger partial charge in [-0.15, -0.1) is 0 Å². The summed E-state index contributed by atoms with van der Waals surface area (Å²) in [5, 5.41) is 3.35. The summed E-state index contributed by atoms with van der Waals surface area (Å²) < 4.78 is 14.8. The van der Waals surface area contributed by atoms with E-state index in [1.807, 2.05) is 13.8 Å². The van der Waals surface area contributed by atoms with Gasteiger partial charge in [0.2, 0.25) is 5.91 Å². The number of rotatable bonds is 6. The molecular formula is C18H26BrFN2O. The quantitative estimate of drug-likeness (QED) is 0.800. The minimum atomic E-state index is -0.259. The maximum Gasteiger partial charge on any atom is 0.223 e. The molecule has 0 unspecified atom stereocenters. The summed E-state index contributed by atoms with van der Waals surface area (Å²) in [5.74, 6) is 0.500. The van der Waals surface area contributed by atoms with Crippen LogP contribution in [0.15, 0.2) is 22.7 Å². The van der Waals surface area contributed by atoms with Crippen LogP contribution in [0.5, 0.6) is 0 Å². The predicted molar refractivity (Wildman–Crippen MR) is 94.6 cm³/mol. The molecule has 0 radical (unpaired) electrons. The van der Waals surface area contributed by atoms with Crippen molar-refractivity contribution in [2.75, 3.05) is 13.1 Å². The molecule has 1 saturated heterocycles. The van der Waals surface area contributed by atoms with E-state index in [0.717, 1.165) is 36.8 Å². The molecule has 0 bridgehead atoms. The van der Waals surface area contributed by atoms with Gasteiger partial charge < -0.3 is 10.2 Å². The van der Waals surface area contributed by atoms with Crippen molar-refractivity contribution >= 4 is 21.8 Å².